The first kappa shape index (κ1) is 21.7. The molecule has 0 saturated carbocycles. The largest absolute Gasteiger partial charge is 0.383 e. The molecule has 0 aromatic carbocycles. The zero-order valence-electron chi connectivity index (χ0n) is 17.7. The van der Waals surface area contributed by atoms with Crippen molar-refractivity contribution >= 4 is 23.3 Å². The molecule has 1 aliphatic heterocycles. The van der Waals surface area contributed by atoms with Gasteiger partial charge in [-0.2, -0.15) is 0 Å². The number of amides is 1. The predicted octanol–water partition coefficient (Wildman–Crippen LogP) is 2.23. The lowest BCUT2D eigenvalue weighted by molar-refractivity contribution is -0.145. The van der Waals surface area contributed by atoms with E-state index in [1.165, 1.54) is 6.20 Å². The minimum Gasteiger partial charge on any atom is -0.383 e. The van der Waals surface area contributed by atoms with Crippen molar-refractivity contribution in [1.82, 2.24) is 14.9 Å². The van der Waals surface area contributed by atoms with Crippen LogP contribution in [0.1, 0.15) is 46.1 Å². The Labute approximate surface area is 179 Å². The molecule has 0 bridgehead atoms. The van der Waals surface area contributed by atoms with Crippen molar-refractivity contribution < 1.29 is 17.5 Å². The summed E-state index contributed by atoms with van der Waals surface area (Å²) >= 11 is 0. The summed E-state index contributed by atoms with van der Waals surface area (Å²) in [6, 6.07) is 8.60. The third kappa shape index (κ3) is 4.76. The summed E-state index contributed by atoms with van der Waals surface area (Å²) < 4.78 is 0. The monoisotopic (exact) mass is 415 g/mol. The summed E-state index contributed by atoms with van der Waals surface area (Å²) in [4.78, 5) is 37.7. The number of nitrogens with zero attached hydrogens (tertiary/aromatic N) is 4. The van der Waals surface area contributed by atoms with Gasteiger partial charge < -0.3 is 20.6 Å². The fraction of sp³-hybridized carbons (Fsp3) is 0.455. The summed E-state index contributed by atoms with van der Waals surface area (Å²) in [5, 5.41) is 10.3. The molecule has 8 heteroatoms. The van der Waals surface area contributed by atoms with Crippen molar-refractivity contribution in [3.05, 3.63) is 47.8 Å². The highest BCUT2D eigenvalue weighted by molar-refractivity contribution is 6.10. The zero-order chi connectivity index (χ0) is 21.9. The van der Waals surface area contributed by atoms with Gasteiger partial charge in [-0.1, -0.05) is 26.8 Å². The number of aromatic nitrogens is 2. The summed E-state index contributed by atoms with van der Waals surface area (Å²) in [7, 11) is 0. The quantitative estimate of drug-likeness (QED) is 0.736. The average Bonchev–Trinajstić information content (AvgIpc) is 2.98. The molecule has 0 radical (unpaired) electrons. The molecule has 1 unspecified atom stereocenters. The van der Waals surface area contributed by atoms with Crippen LogP contribution in [0.15, 0.2) is 36.5 Å². The van der Waals surface area contributed by atoms with E-state index in [-0.39, 0.29) is 20.4 Å². The minimum atomic E-state index is -1.03. The molecule has 3 rings (SSSR count). The first-order valence-corrected chi connectivity index (χ1v) is 10.1. The lowest BCUT2D eigenvalue weighted by Gasteiger charge is -2.30. The van der Waals surface area contributed by atoms with Crippen molar-refractivity contribution in [2.45, 2.75) is 33.3 Å². The van der Waals surface area contributed by atoms with Crippen LogP contribution in [0.2, 0.25) is 0 Å². The van der Waals surface area contributed by atoms with E-state index in [9.17, 15) is 14.7 Å². The number of aliphatic hydroxyl groups excluding tert-OH is 1. The molecular weight excluding hydrogens is 382 g/mol. The molecule has 8 nitrogen and oxygen atoms in total. The average molecular weight is 416 g/mol. The van der Waals surface area contributed by atoms with Gasteiger partial charge in [0.05, 0.1) is 5.56 Å². The fourth-order valence-corrected chi connectivity index (χ4v) is 3.38. The topological polar surface area (TPSA) is 113 Å². The van der Waals surface area contributed by atoms with Crippen LogP contribution >= 0.6 is 0 Å². The van der Waals surface area contributed by atoms with Crippen LogP contribution in [0.3, 0.4) is 0 Å². The Morgan fingerprint density at radius 3 is 2.60 bits per heavy atom. The molecule has 3 N–H and O–H groups in total. The molecule has 1 amide bonds. The van der Waals surface area contributed by atoms with E-state index in [0.29, 0.717) is 43.3 Å². The van der Waals surface area contributed by atoms with Gasteiger partial charge in [0.25, 0.3) is 5.91 Å². The number of rotatable bonds is 4. The molecule has 164 valence electrons. The van der Waals surface area contributed by atoms with E-state index in [0.717, 1.165) is 6.42 Å². The van der Waals surface area contributed by atoms with Crippen LogP contribution < -0.4 is 10.6 Å². The third-order valence-electron chi connectivity index (χ3n) is 5.24. The lowest BCUT2D eigenvalue weighted by atomic mass is 9.88. The number of ketones is 1. The molecule has 0 spiro atoms. The van der Waals surface area contributed by atoms with E-state index < -0.39 is 11.5 Å². The smallest absolute Gasteiger partial charge is 0.252 e. The molecular formula is C22H33N5O3. The van der Waals surface area contributed by atoms with Crippen molar-refractivity contribution in [1.29, 1.82) is 0 Å². The standard InChI is InChI=1S/C22H29N5O3.2H2/c1-22(2,3)19(29)21(30)27-12-6-11-26(13-14-27)17-9-4-8-16(25-17)18(28)15-7-5-10-24-20(15)23;;/h4-5,7-10,19,29H,6,11-14H2,1-3H3,(H2,23,24);2*1H. The second-order valence-electron chi connectivity index (χ2n) is 8.58. The van der Waals surface area contributed by atoms with Gasteiger partial charge in [0, 0.05) is 35.2 Å². The van der Waals surface area contributed by atoms with Crippen molar-refractivity contribution in [3.8, 4) is 0 Å². The predicted molar refractivity (Wildman–Crippen MR) is 119 cm³/mol. The molecule has 1 saturated heterocycles. The van der Waals surface area contributed by atoms with Crippen LogP contribution in [0.4, 0.5) is 11.6 Å². The van der Waals surface area contributed by atoms with Gasteiger partial charge in [0.2, 0.25) is 5.78 Å². The van der Waals surface area contributed by atoms with E-state index >= 15 is 0 Å². The highest BCUT2D eigenvalue weighted by atomic mass is 16.3. The van der Waals surface area contributed by atoms with Crippen LogP contribution in [0.25, 0.3) is 0 Å². The van der Waals surface area contributed by atoms with Crippen LogP contribution in [-0.2, 0) is 4.79 Å². The van der Waals surface area contributed by atoms with Gasteiger partial charge in [-0.05, 0) is 36.1 Å². The van der Waals surface area contributed by atoms with Crippen LogP contribution in [-0.4, -0.2) is 63.9 Å². The van der Waals surface area contributed by atoms with Crippen molar-refractivity contribution in [2.75, 3.05) is 36.8 Å². The molecule has 1 fully saturated rings. The number of nitrogen functional groups attached to an aromatic ring is 1. The van der Waals surface area contributed by atoms with E-state index in [1.807, 2.05) is 26.8 Å². The second-order valence-corrected chi connectivity index (χ2v) is 8.58. The number of carbonyl (C=O) groups excluding carboxylic acids is 2. The Balaban J connectivity index is 0.00000256. The van der Waals surface area contributed by atoms with Gasteiger partial charge in [0.1, 0.15) is 23.4 Å². The highest BCUT2D eigenvalue weighted by Gasteiger charge is 2.33. The van der Waals surface area contributed by atoms with Crippen LogP contribution in [0, 0.1) is 5.41 Å². The third-order valence-corrected chi connectivity index (χ3v) is 5.24. The van der Waals surface area contributed by atoms with Crippen molar-refractivity contribution in [2.24, 2.45) is 5.41 Å². The normalized spacial score (nSPS) is 16.1. The lowest BCUT2D eigenvalue weighted by Crippen LogP contribution is -2.46. The number of anilines is 2. The number of carbonyl (C=O) groups is 2. The van der Waals surface area contributed by atoms with E-state index in [2.05, 4.69) is 14.9 Å². The Hall–Kier alpha value is -3.00. The Morgan fingerprint density at radius 2 is 1.90 bits per heavy atom. The number of hydrogen-bond donors (Lipinski definition) is 2. The molecule has 2 aromatic rings. The minimum absolute atomic E-state index is 0. The first-order valence-electron chi connectivity index (χ1n) is 10.1. The molecule has 3 heterocycles. The fourth-order valence-electron chi connectivity index (χ4n) is 3.38. The van der Waals surface area contributed by atoms with Gasteiger partial charge >= 0.3 is 0 Å². The SMILES string of the molecule is CC(C)(C)C(O)C(=O)N1CCCN(c2cccc(C(=O)c3cccnc3N)n2)CC1.[HH].[HH]. The maximum Gasteiger partial charge on any atom is 0.252 e. The van der Waals surface area contributed by atoms with Gasteiger partial charge in [0.15, 0.2) is 0 Å². The highest BCUT2D eigenvalue weighted by Crippen LogP contribution is 2.22. The Morgan fingerprint density at radius 1 is 1.13 bits per heavy atom. The Bertz CT molecular complexity index is 936. The van der Waals surface area contributed by atoms with Crippen molar-refractivity contribution in [3.63, 3.8) is 0 Å². The molecule has 2 aromatic heterocycles. The zero-order valence-corrected chi connectivity index (χ0v) is 17.7. The number of hydrogen-bond acceptors (Lipinski definition) is 7. The van der Waals surface area contributed by atoms with Crippen LogP contribution in [0.5, 0.6) is 0 Å². The Kier molecular flexibility index (Phi) is 6.36. The first-order chi connectivity index (χ1) is 14.2. The number of aliphatic hydroxyl groups is 1. The summed E-state index contributed by atoms with van der Waals surface area (Å²) in [5.41, 5.74) is 5.95. The maximum atomic E-state index is 12.8. The summed E-state index contributed by atoms with van der Waals surface area (Å²) in [6.45, 7) is 7.88. The molecule has 1 atom stereocenters. The number of nitrogens with two attached hydrogens (primary N) is 1. The maximum absolute atomic E-state index is 12.8. The van der Waals surface area contributed by atoms with E-state index in [1.54, 1.807) is 29.2 Å². The summed E-state index contributed by atoms with van der Waals surface area (Å²) in [6.07, 6.45) is 1.25. The van der Waals surface area contributed by atoms with E-state index in [4.69, 9.17) is 5.73 Å². The molecule has 1 aliphatic rings. The molecule has 0 aliphatic carbocycles. The summed E-state index contributed by atoms with van der Waals surface area (Å²) in [5.74, 6) is 0.334. The number of pyridine rings is 2. The van der Waals surface area contributed by atoms with Gasteiger partial charge in [-0.25, -0.2) is 9.97 Å². The second kappa shape index (κ2) is 8.79. The van der Waals surface area contributed by atoms with Gasteiger partial charge in [-0.3, -0.25) is 9.59 Å². The van der Waals surface area contributed by atoms with Gasteiger partial charge in [-0.15, -0.1) is 0 Å². The molecule has 30 heavy (non-hydrogen) atoms.